The molecule has 0 amide bonds. The van der Waals surface area contributed by atoms with Crippen molar-refractivity contribution in [2.75, 3.05) is 0 Å². The van der Waals surface area contributed by atoms with Crippen LogP contribution in [0.4, 0.5) is 0 Å². The summed E-state index contributed by atoms with van der Waals surface area (Å²) in [5.41, 5.74) is 1.15. The highest BCUT2D eigenvalue weighted by Gasteiger charge is 2.16. The van der Waals surface area contributed by atoms with Gasteiger partial charge in [-0.1, -0.05) is 49.5 Å². The van der Waals surface area contributed by atoms with E-state index >= 15 is 0 Å². The van der Waals surface area contributed by atoms with Gasteiger partial charge in [0.25, 0.3) is 0 Å². The predicted molar refractivity (Wildman–Crippen MR) is 69.4 cm³/mol. The van der Waals surface area contributed by atoms with Crippen LogP contribution in [-0.4, -0.2) is 5.38 Å². The van der Waals surface area contributed by atoms with Crippen LogP contribution in [-0.2, 0) is 0 Å². The van der Waals surface area contributed by atoms with Crippen LogP contribution in [0.3, 0.4) is 0 Å². The van der Waals surface area contributed by atoms with Gasteiger partial charge >= 0.3 is 0 Å². The molecule has 3 heteroatoms. The molecule has 0 fully saturated rings. The number of rotatable bonds is 4. The van der Waals surface area contributed by atoms with Crippen molar-refractivity contribution in [3.05, 3.63) is 33.8 Å². The molecular weight excluding hydrogens is 250 g/mol. The summed E-state index contributed by atoms with van der Waals surface area (Å²) in [4.78, 5) is 0. The van der Waals surface area contributed by atoms with Gasteiger partial charge in [-0.2, -0.15) is 0 Å². The molecule has 1 rings (SSSR count). The molecule has 0 saturated carbocycles. The molecule has 2 unspecified atom stereocenters. The Hall–Kier alpha value is 0.0900. The second-order valence-corrected chi connectivity index (χ2v) is 5.14. The highest BCUT2D eigenvalue weighted by atomic mass is 35.5. The molecule has 1 aromatic rings. The minimum absolute atomic E-state index is 0.159. The Bertz CT molecular complexity index is 323. The predicted octanol–water partition coefficient (Wildman–Crippen LogP) is 5.50. The molecule has 84 valence electrons. The number of hydrogen-bond donors (Lipinski definition) is 0. The number of alkyl halides is 1. The van der Waals surface area contributed by atoms with E-state index in [1.165, 1.54) is 0 Å². The fraction of sp³-hybridized carbons (Fsp3) is 0.500. The summed E-state index contributed by atoms with van der Waals surface area (Å²) < 4.78 is 0. The summed E-state index contributed by atoms with van der Waals surface area (Å²) in [6.07, 6.45) is 2.11. The van der Waals surface area contributed by atoms with E-state index in [1.54, 1.807) is 0 Å². The molecule has 0 N–H and O–H groups in total. The summed E-state index contributed by atoms with van der Waals surface area (Å²) in [6.45, 7) is 4.25. The fourth-order valence-corrected chi connectivity index (χ4v) is 2.20. The number of halogens is 3. The zero-order chi connectivity index (χ0) is 11.4. The average Bonchev–Trinajstić information content (AvgIpc) is 2.21. The zero-order valence-electron chi connectivity index (χ0n) is 8.93. The van der Waals surface area contributed by atoms with E-state index in [2.05, 4.69) is 13.8 Å². The molecule has 2 atom stereocenters. The molecule has 1 aromatic carbocycles. The Morgan fingerprint density at radius 2 is 1.87 bits per heavy atom. The minimum atomic E-state index is 0.159. The maximum Gasteiger partial charge on any atom is 0.0595 e. The third kappa shape index (κ3) is 3.55. The van der Waals surface area contributed by atoms with Crippen molar-refractivity contribution >= 4 is 34.8 Å². The second-order valence-electron chi connectivity index (χ2n) is 3.77. The first-order chi connectivity index (χ1) is 7.06. The molecule has 0 aromatic heterocycles. The van der Waals surface area contributed by atoms with Crippen molar-refractivity contribution in [2.45, 2.75) is 38.0 Å². The van der Waals surface area contributed by atoms with E-state index in [0.717, 1.165) is 18.4 Å². The highest BCUT2D eigenvalue weighted by molar-refractivity contribution is 6.42. The molecule has 15 heavy (non-hydrogen) atoms. The summed E-state index contributed by atoms with van der Waals surface area (Å²) >= 11 is 18.1. The third-order valence-electron chi connectivity index (χ3n) is 2.58. The van der Waals surface area contributed by atoms with E-state index in [1.807, 2.05) is 18.2 Å². The molecule has 0 aliphatic carbocycles. The van der Waals surface area contributed by atoms with E-state index in [0.29, 0.717) is 16.0 Å². The lowest BCUT2D eigenvalue weighted by atomic mass is 9.95. The first kappa shape index (κ1) is 13.2. The summed E-state index contributed by atoms with van der Waals surface area (Å²) in [7, 11) is 0. The van der Waals surface area contributed by atoms with Crippen LogP contribution >= 0.6 is 34.8 Å². The normalized spacial score (nSPS) is 15.0. The molecule has 0 radical (unpaired) electrons. The third-order valence-corrected chi connectivity index (χ3v) is 3.91. The van der Waals surface area contributed by atoms with Crippen molar-refractivity contribution in [1.82, 2.24) is 0 Å². The van der Waals surface area contributed by atoms with Gasteiger partial charge in [-0.05, 0) is 30.0 Å². The maximum absolute atomic E-state index is 6.28. The Morgan fingerprint density at radius 3 is 2.40 bits per heavy atom. The van der Waals surface area contributed by atoms with Gasteiger partial charge in [-0.15, -0.1) is 11.6 Å². The van der Waals surface area contributed by atoms with Crippen LogP contribution in [0.1, 0.15) is 38.2 Å². The van der Waals surface area contributed by atoms with Crippen molar-refractivity contribution in [3.63, 3.8) is 0 Å². The molecular formula is C12H15Cl3. The SMILES string of the molecule is CCCC(Cl)C(C)c1ccc(Cl)c(Cl)c1. The summed E-state index contributed by atoms with van der Waals surface area (Å²) in [5, 5.41) is 1.35. The Morgan fingerprint density at radius 1 is 1.20 bits per heavy atom. The lowest BCUT2D eigenvalue weighted by Gasteiger charge is -2.18. The fourth-order valence-electron chi connectivity index (χ4n) is 1.53. The van der Waals surface area contributed by atoms with Gasteiger partial charge in [-0.25, -0.2) is 0 Å². The molecule has 0 saturated heterocycles. The van der Waals surface area contributed by atoms with Crippen LogP contribution in [0, 0.1) is 0 Å². The molecule has 0 heterocycles. The van der Waals surface area contributed by atoms with E-state index in [4.69, 9.17) is 34.8 Å². The van der Waals surface area contributed by atoms with Gasteiger partial charge < -0.3 is 0 Å². The minimum Gasteiger partial charge on any atom is -0.122 e. The first-order valence-corrected chi connectivity index (χ1v) is 6.34. The molecule has 0 aliphatic rings. The van der Waals surface area contributed by atoms with E-state index < -0.39 is 0 Å². The van der Waals surface area contributed by atoms with Crippen LogP contribution in [0.25, 0.3) is 0 Å². The van der Waals surface area contributed by atoms with Crippen molar-refractivity contribution in [1.29, 1.82) is 0 Å². The molecule has 0 spiro atoms. The Labute approximate surface area is 107 Å². The smallest absolute Gasteiger partial charge is 0.0595 e. The van der Waals surface area contributed by atoms with Crippen LogP contribution in [0.2, 0.25) is 10.0 Å². The topological polar surface area (TPSA) is 0 Å². The number of hydrogen-bond acceptors (Lipinski definition) is 0. The van der Waals surface area contributed by atoms with Crippen molar-refractivity contribution in [3.8, 4) is 0 Å². The van der Waals surface area contributed by atoms with Gasteiger partial charge in [0.2, 0.25) is 0 Å². The maximum atomic E-state index is 6.28. The monoisotopic (exact) mass is 264 g/mol. The molecule has 0 aliphatic heterocycles. The standard InChI is InChI=1S/C12H15Cl3/c1-3-4-10(13)8(2)9-5-6-11(14)12(15)7-9/h5-8,10H,3-4H2,1-2H3. The zero-order valence-corrected chi connectivity index (χ0v) is 11.2. The lowest BCUT2D eigenvalue weighted by molar-refractivity contribution is 0.634. The second kappa shape index (κ2) is 5.98. The quantitative estimate of drug-likeness (QED) is 0.630. The summed E-state index contributed by atoms with van der Waals surface area (Å²) in [5.74, 6) is 0.307. The van der Waals surface area contributed by atoms with Crippen LogP contribution < -0.4 is 0 Å². The Kier molecular flexibility index (Phi) is 5.25. The van der Waals surface area contributed by atoms with Crippen molar-refractivity contribution < 1.29 is 0 Å². The largest absolute Gasteiger partial charge is 0.122 e. The van der Waals surface area contributed by atoms with Gasteiger partial charge in [0.1, 0.15) is 0 Å². The van der Waals surface area contributed by atoms with Gasteiger partial charge in [0, 0.05) is 5.38 Å². The van der Waals surface area contributed by atoms with E-state index in [9.17, 15) is 0 Å². The van der Waals surface area contributed by atoms with Crippen molar-refractivity contribution in [2.24, 2.45) is 0 Å². The number of benzene rings is 1. The van der Waals surface area contributed by atoms with Gasteiger partial charge in [0.15, 0.2) is 0 Å². The van der Waals surface area contributed by atoms with Gasteiger partial charge in [0.05, 0.1) is 10.0 Å². The van der Waals surface area contributed by atoms with E-state index in [-0.39, 0.29) is 5.38 Å². The van der Waals surface area contributed by atoms with Crippen LogP contribution in [0.15, 0.2) is 18.2 Å². The Balaban J connectivity index is 2.81. The lowest BCUT2D eigenvalue weighted by Crippen LogP contribution is -2.09. The average molecular weight is 266 g/mol. The highest BCUT2D eigenvalue weighted by Crippen LogP contribution is 2.31. The summed E-state index contributed by atoms with van der Waals surface area (Å²) in [6, 6.07) is 5.72. The van der Waals surface area contributed by atoms with Gasteiger partial charge in [-0.3, -0.25) is 0 Å². The molecule has 0 bridgehead atoms. The molecule has 0 nitrogen and oxygen atoms in total. The first-order valence-electron chi connectivity index (χ1n) is 5.15. The van der Waals surface area contributed by atoms with Crippen LogP contribution in [0.5, 0.6) is 0 Å².